The van der Waals surface area contributed by atoms with Gasteiger partial charge >= 0.3 is 6.18 Å². The summed E-state index contributed by atoms with van der Waals surface area (Å²) in [4.78, 5) is 25.2. The van der Waals surface area contributed by atoms with Gasteiger partial charge in [0.25, 0.3) is 0 Å². The number of nitrogens with zero attached hydrogens (tertiary/aromatic N) is 1. The van der Waals surface area contributed by atoms with E-state index in [-0.39, 0.29) is 18.9 Å². The average Bonchev–Trinajstić information content (AvgIpc) is 2.93. The lowest BCUT2D eigenvalue weighted by Gasteiger charge is -2.18. The molecular formula is C15H17F3N2O4. The Morgan fingerprint density at radius 2 is 1.96 bits per heavy atom. The predicted molar refractivity (Wildman–Crippen MR) is 79.1 cm³/mol. The molecule has 0 saturated carbocycles. The topological polar surface area (TPSA) is 67.9 Å². The van der Waals surface area contributed by atoms with Crippen molar-refractivity contribution in [1.29, 1.82) is 0 Å². The van der Waals surface area contributed by atoms with Crippen LogP contribution in [0.3, 0.4) is 0 Å². The van der Waals surface area contributed by atoms with Crippen molar-refractivity contribution in [2.24, 2.45) is 5.92 Å². The van der Waals surface area contributed by atoms with Gasteiger partial charge in [-0.1, -0.05) is 0 Å². The van der Waals surface area contributed by atoms with Crippen molar-refractivity contribution < 1.29 is 32.2 Å². The van der Waals surface area contributed by atoms with Gasteiger partial charge in [-0.15, -0.1) is 0 Å². The van der Waals surface area contributed by atoms with E-state index in [1.165, 1.54) is 19.1 Å². The SMILES string of the molecule is COc1ccc(N2C[C@H](C(=O)NCC(F)(F)F)CC2=O)cc1OC. The number of ether oxygens (including phenoxy) is 2. The molecule has 0 radical (unpaired) electrons. The molecule has 1 aliphatic rings. The summed E-state index contributed by atoms with van der Waals surface area (Å²) in [6.07, 6.45) is -4.63. The third-order valence-corrected chi connectivity index (χ3v) is 3.64. The maximum atomic E-state index is 12.2. The number of amides is 2. The number of carbonyl (C=O) groups is 2. The molecule has 132 valence electrons. The normalized spacial score (nSPS) is 17.8. The van der Waals surface area contributed by atoms with E-state index in [1.54, 1.807) is 18.2 Å². The first-order valence-corrected chi connectivity index (χ1v) is 7.12. The smallest absolute Gasteiger partial charge is 0.405 e. The van der Waals surface area contributed by atoms with Gasteiger partial charge in [-0.05, 0) is 12.1 Å². The van der Waals surface area contributed by atoms with E-state index in [0.29, 0.717) is 17.2 Å². The Morgan fingerprint density at radius 1 is 1.29 bits per heavy atom. The van der Waals surface area contributed by atoms with Gasteiger partial charge in [-0.25, -0.2) is 0 Å². The minimum atomic E-state index is -4.48. The predicted octanol–water partition coefficient (Wildman–Crippen LogP) is 1.74. The molecule has 1 N–H and O–H groups in total. The maximum absolute atomic E-state index is 12.2. The van der Waals surface area contributed by atoms with Crippen LogP contribution in [0.25, 0.3) is 0 Å². The van der Waals surface area contributed by atoms with E-state index >= 15 is 0 Å². The zero-order chi connectivity index (χ0) is 17.9. The molecule has 0 aliphatic carbocycles. The van der Waals surface area contributed by atoms with Crippen LogP contribution in [-0.4, -0.2) is 45.3 Å². The van der Waals surface area contributed by atoms with Crippen molar-refractivity contribution in [3.63, 3.8) is 0 Å². The molecule has 0 spiro atoms. The molecule has 2 rings (SSSR count). The fourth-order valence-corrected chi connectivity index (χ4v) is 2.46. The second-order valence-electron chi connectivity index (χ2n) is 5.28. The summed E-state index contributed by atoms with van der Waals surface area (Å²) in [6, 6.07) is 4.81. The monoisotopic (exact) mass is 346 g/mol. The van der Waals surface area contributed by atoms with Crippen LogP contribution in [0, 0.1) is 5.92 Å². The highest BCUT2D eigenvalue weighted by atomic mass is 19.4. The van der Waals surface area contributed by atoms with E-state index in [0.717, 1.165) is 0 Å². The van der Waals surface area contributed by atoms with Crippen LogP contribution in [0.4, 0.5) is 18.9 Å². The van der Waals surface area contributed by atoms with Crippen molar-refractivity contribution in [2.45, 2.75) is 12.6 Å². The number of methoxy groups -OCH3 is 2. The molecule has 24 heavy (non-hydrogen) atoms. The van der Waals surface area contributed by atoms with Crippen molar-refractivity contribution in [3.8, 4) is 11.5 Å². The molecule has 1 saturated heterocycles. The van der Waals surface area contributed by atoms with Gasteiger partial charge in [-0.3, -0.25) is 9.59 Å². The van der Waals surface area contributed by atoms with Crippen LogP contribution >= 0.6 is 0 Å². The van der Waals surface area contributed by atoms with Gasteiger partial charge in [0, 0.05) is 24.7 Å². The van der Waals surface area contributed by atoms with Crippen LogP contribution in [-0.2, 0) is 9.59 Å². The van der Waals surface area contributed by atoms with Gasteiger partial charge in [0.05, 0.1) is 20.1 Å². The summed E-state index contributed by atoms with van der Waals surface area (Å²) in [5.74, 6) is -1.06. The zero-order valence-electron chi connectivity index (χ0n) is 13.1. The van der Waals surface area contributed by atoms with Crippen LogP contribution in [0.1, 0.15) is 6.42 Å². The Hall–Kier alpha value is -2.45. The van der Waals surface area contributed by atoms with Crippen LogP contribution < -0.4 is 19.7 Å². The molecule has 9 heteroatoms. The molecule has 1 aromatic carbocycles. The second-order valence-corrected chi connectivity index (χ2v) is 5.28. The first-order valence-electron chi connectivity index (χ1n) is 7.12. The third kappa shape index (κ3) is 4.09. The van der Waals surface area contributed by atoms with Gasteiger partial charge in [0.15, 0.2) is 11.5 Å². The molecule has 1 heterocycles. The zero-order valence-corrected chi connectivity index (χ0v) is 13.1. The Balaban J connectivity index is 2.08. The number of carbonyl (C=O) groups excluding carboxylic acids is 2. The lowest BCUT2D eigenvalue weighted by molar-refractivity contribution is -0.140. The molecule has 1 fully saturated rings. The first-order chi connectivity index (χ1) is 11.2. The highest BCUT2D eigenvalue weighted by Crippen LogP contribution is 2.34. The molecule has 1 aliphatic heterocycles. The molecule has 1 atom stereocenters. The van der Waals surface area contributed by atoms with Crippen LogP contribution in [0.2, 0.25) is 0 Å². The molecule has 0 unspecified atom stereocenters. The van der Waals surface area contributed by atoms with Gasteiger partial charge in [0.2, 0.25) is 11.8 Å². The Labute approximate surface area is 136 Å². The Bertz CT molecular complexity index is 634. The number of alkyl halides is 3. The van der Waals surface area contributed by atoms with E-state index in [9.17, 15) is 22.8 Å². The van der Waals surface area contributed by atoms with Crippen LogP contribution in [0.15, 0.2) is 18.2 Å². The number of hydrogen-bond donors (Lipinski definition) is 1. The third-order valence-electron chi connectivity index (χ3n) is 3.64. The molecule has 1 aromatic rings. The lowest BCUT2D eigenvalue weighted by atomic mass is 10.1. The minimum absolute atomic E-state index is 0.0119. The van der Waals surface area contributed by atoms with Crippen molar-refractivity contribution in [2.75, 3.05) is 32.2 Å². The number of rotatable bonds is 5. The second kappa shape index (κ2) is 6.98. The molecule has 6 nitrogen and oxygen atoms in total. The average molecular weight is 346 g/mol. The van der Waals surface area contributed by atoms with Gasteiger partial charge in [0.1, 0.15) is 6.54 Å². The number of anilines is 1. The van der Waals surface area contributed by atoms with E-state index in [1.807, 2.05) is 5.32 Å². The standard InChI is InChI=1S/C15H17F3N2O4/c1-23-11-4-3-10(6-12(11)24-2)20-7-9(5-13(20)21)14(22)19-8-15(16,17)18/h3-4,6,9H,5,7-8H2,1-2H3,(H,19,22)/t9-/m1/s1. The highest BCUT2D eigenvalue weighted by Gasteiger charge is 2.37. The summed E-state index contributed by atoms with van der Waals surface area (Å²) >= 11 is 0. The quantitative estimate of drug-likeness (QED) is 0.882. The maximum Gasteiger partial charge on any atom is 0.405 e. The van der Waals surface area contributed by atoms with E-state index in [4.69, 9.17) is 9.47 Å². The molecule has 2 amide bonds. The Morgan fingerprint density at radius 3 is 2.54 bits per heavy atom. The Kier molecular flexibility index (Phi) is 5.20. The first kappa shape index (κ1) is 17.9. The minimum Gasteiger partial charge on any atom is -0.493 e. The highest BCUT2D eigenvalue weighted by molar-refractivity contribution is 6.00. The summed E-state index contributed by atoms with van der Waals surface area (Å²) in [7, 11) is 2.92. The van der Waals surface area contributed by atoms with E-state index in [2.05, 4.69) is 0 Å². The summed E-state index contributed by atoms with van der Waals surface area (Å²) in [5.41, 5.74) is 0.490. The van der Waals surface area contributed by atoms with Crippen molar-refractivity contribution in [3.05, 3.63) is 18.2 Å². The summed E-state index contributed by atoms with van der Waals surface area (Å²) in [6.45, 7) is -1.40. The van der Waals surface area contributed by atoms with E-state index < -0.39 is 24.5 Å². The fourth-order valence-electron chi connectivity index (χ4n) is 2.46. The lowest BCUT2D eigenvalue weighted by Crippen LogP contribution is -2.38. The number of halogens is 3. The number of nitrogens with one attached hydrogen (secondary N) is 1. The molecule has 0 bridgehead atoms. The number of hydrogen-bond acceptors (Lipinski definition) is 4. The largest absolute Gasteiger partial charge is 0.493 e. The van der Waals surface area contributed by atoms with Gasteiger partial charge in [-0.2, -0.15) is 13.2 Å². The van der Waals surface area contributed by atoms with Crippen molar-refractivity contribution in [1.82, 2.24) is 5.32 Å². The van der Waals surface area contributed by atoms with Crippen LogP contribution in [0.5, 0.6) is 11.5 Å². The molecular weight excluding hydrogens is 329 g/mol. The van der Waals surface area contributed by atoms with Crippen molar-refractivity contribution >= 4 is 17.5 Å². The summed E-state index contributed by atoms with van der Waals surface area (Å²) < 4.78 is 46.7. The molecule has 0 aromatic heterocycles. The fraction of sp³-hybridized carbons (Fsp3) is 0.467. The number of benzene rings is 1. The summed E-state index contributed by atoms with van der Waals surface area (Å²) in [5, 5.41) is 1.81. The van der Waals surface area contributed by atoms with Gasteiger partial charge < -0.3 is 19.7 Å².